The van der Waals surface area contributed by atoms with E-state index in [9.17, 15) is 9.59 Å². The van der Waals surface area contributed by atoms with Crippen LogP contribution in [-0.2, 0) is 9.59 Å². The topological polar surface area (TPSA) is 40.6 Å². The largest absolute Gasteiger partial charge is 0.338 e. The Balaban J connectivity index is 1.68. The van der Waals surface area contributed by atoms with Gasteiger partial charge in [-0.05, 0) is 39.2 Å². The molecule has 1 atom stereocenters. The molecule has 0 N–H and O–H groups in total. The first-order valence-electron chi connectivity index (χ1n) is 8.75. The average molecular weight is 346 g/mol. The van der Waals surface area contributed by atoms with Gasteiger partial charge in [0.05, 0.1) is 5.75 Å². The molecule has 1 aliphatic carbocycles. The second kappa shape index (κ2) is 7.18. The summed E-state index contributed by atoms with van der Waals surface area (Å²) in [5, 5.41) is 0.0724. The van der Waals surface area contributed by atoms with E-state index in [1.807, 2.05) is 9.80 Å². The number of rotatable bonds is 6. The van der Waals surface area contributed by atoms with Gasteiger partial charge in [0.25, 0.3) is 0 Å². The number of amides is 2. The minimum atomic E-state index is 0.0724. The van der Waals surface area contributed by atoms with Crippen LogP contribution in [0.25, 0.3) is 0 Å². The maximum absolute atomic E-state index is 12.4. The molecule has 24 heavy (non-hydrogen) atoms. The average Bonchev–Trinajstić information content (AvgIpc) is 3.33. The Bertz CT molecular complexity index is 610. The maximum atomic E-state index is 12.4. The lowest BCUT2D eigenvalue weighted by molar-refractivity contribution is -0.136. The molecule has 1 saturated carbocycles. The van der Waals surface area contributed by atoms with E-state index >= 15 is 0 Å². The van der Waals surface area contributed by atoms with E-state index < -0.39 is 0 Å². The van der Waals surface area contributed by atoms with Crippen LogP contribution in [0, 0.1) is 12.8 Å². The van der Waals surface area contributed by atoms with Crippen molar-refractivity contribution in [3.8, 4) is 0 Å². The second-order valence-electron chi connectivity index (χ2n) is 7.06. The van der Waals surface area contributed by atoms with E-state index in [0.717, 1.165) is 12.8 Å². The zero-order valence-corrected chi connectivity index (χ0v) is 15.5. The van der Waals surface area contributed by atoms with Gasteiger partial charge in [-0.1, -0.05) is 29.8 Å². The van der Waals surface area contributed by atoms with Crippen molar-refractivity contribution < 1.29 is 9.59 Å². The summed E-state index contributed by atoms with van der Waals surface area (Å²) in [6.45, 7) is 7.41. The fourth-order valence-corrected chi connectivity index (χ4v) is 4.33. The smallest absolute Gasteiger partial charge is 0.233 e. The highest BCUT2D eigenvalue weighted by Gasteiger charge is 2.36. The molecule has 4 nitrogen and oxygen atoms in total. The summed E-state index contributed by atoms with van der Waals surface area (Å²) in [5.41, 5.74) is 2.39. The van der Waals surface area contributed by atoms with Crippen molar-refractivity contribution in [3.05, 3.63) is 35.4 Å². The molecule has 1 aromatic carbocycles. The minimum Gasteiger partial charge on any atom is -0.338 e. The summed E-state index contributed by atoms with van der Waals surface area (Å²) in [7, 11) is 0. The van der Waals surface area contributed by atoms with Crippen LogP contribution in [-0.4, -0.2) is 46.5 Å². The van der Waals surface area contributed by atoms with Gasteiger partial charge in [0.2, 0.25) is 11.8 Å². The molecule has 0 radical (unpaired) electrons. The summed E-state index contributed by atoms with van der Waals surface area (Å²) in [6, 6.07) is 8.57. The van der Waals surface area contributed by atoms with Crippen LogP contribution in [0.15, 0.2) is 24.3 Å². The van der Waals surface area contributed by atoms with E-state index in [2.05, 4.69) is 45.0 Å². The van der Waals surface area contributed by atoms with Crippen molar-refractivity contribution in [2.45, 2.75) is 45.0 Å². The molecule has 130 valence electrons. The van der Waals surface area contributed by atoms with Gasteiger partial charge in [-0.2, -0.15) is 0 Å². The number of carbonyl (C=O) groups excluding carboxylic acids is 2. The number of carbonyl (C=O) groups is 2. The van der Waals surface area contributed by atoms with Gasteiger partial charge in [-0.15, -0.1) is 11.8 Å². The third-order valence-corrected chi connectivity index (χ3v) is 6.00. The minimum absolute atomic E-state index is 0.0724. The maximum Gasteiger partial charge on any atom is 0.233 e. The lowest BCUT2D eigenvalue weighted by Crippen LogP contribution is -2.44. The summed E-state index contributed by atoms with van der Waals surface area (Å²) in [5.74, 6) is 1.19. The molecular weight excluding hydrogens is 320 g/mol. The summed E-state index contributed by atoms with van der Waals surface area (Å²) < 4.78 is 0. The Morgan fingerprint density at radius 3 is 2.54 bits per heavy atom. The van der Waals surface area contributed by atoms with Crippen molar-refractivity contribution in [1.82, 2.24) is 9.80 Å². The molecule has 1 saturated heterocycles. The number of thioether (sulfide) groups is 1. The number of hydrogen-bond donors (Lipinski definition) is 0. The highest BCUT2D eigenvalue weighted by molar-refractivity contribution is 8.00. The van der Waals surface area contributed by atoms with E-state index in [1.165, 1.54) is 11.1 Å². The molecular formula is C19H26N2O2S. The van der Waals surface area contributed by atoms with Crippen LogP contribution >= 0.6 is 11.8 Å². The van der Waals surface area contributed by atoms with Gasteiger partial charge < -0.3 is 9.80 Å². The Kier molecular flexibility index (Phi) is 5.18. The molecule has 1 aromatic rings. The lowest BCUT2D eigenvalue weighted by atomic mass is 10.1. The van der Waals surface area contributed by atoms with Crippen LogP contribution in [0.1, 0.15) is 43.2 Å². The zero-order valence-electron chi connectivity index (χ0n) is 14.7. The second-order valence-corrected chi connectivity index (χ2v) is 8.13. The standard InChI is InChI=1S/C19H26N2O2S/c1-13(2)20(18(23)15-8-9-15)10-11-21-17(22)12-24-19(21)16-6-4-14(3)5-7-16/h4-7,13,15,19H,8-12H2,1-3H3/t19-/m0/s1. The predicted octanol–water partition coefficient (Wildman–Crippen LogP) is 3.22. The van der Waals surface area contributed by atoms with Gasteiger partial charge in [0.1, 0.15) is 5.37 Å². The SMILES string of the molecule is Cc1ccc([C@@H]2SCC(=O)N2CCN(C(=O)C2CC2)C(C)C)cc1. The van der Waals surface area contributed by atoms with Gasteiger partial charge in [-0.3, -0.25) is 9.59 Å². The normalized spacial score (nSPS) is 20.8. The molecule has 2 fully saturated rings. The number of benzene rings is 1. The first-order chi connectivity index (χ1) is 11.5. The molecule has 5 heteroatoms. The molecule has 0 unspecified atom stereocenters. The monoisotopic (exact) mass is 346 g/mol. The predicted molar refractivity (Wildman–Crippen MR) is 97.7 cm³/mol. The van der Waals surface area contributed by atoms with E-state index in [1.54, 1.807) is 11.8 Å². The lowest BCUT2D eigenvalue weighted by Gasteiger charge is -2.31. The van der Waals surface area contributed by atoms with Crippen molar-refractivity contribution in [3.63, 3.8) is 0 Å². The van der Waals surface area contributed by atoms with Crippen molar-refractivity contribution in [2.75, 3.05) is 18.8 Å². The van der Waals surface area contributed by atoms with Gasteiger partial charge in [0.15, 0.2) is 0 Å². The molecule has 1 aliphatic heterocycles. The van der Waals surface area contributed by atoms with E-state index in [0.29, 0.717) is 18.8 Å². The van der Waals surface area contributed by atoms with Crippen LogP contribution in [0.5, 0.6) is 0 Å². The molecule has 0 spiro atoms. The van der Waals surface area contributed by atoms with Crippen LogP contribution in [0.2, 0.25) is 0 Å². The molecule has 1 heterocycles. The van der Waals surface area contributed by atoms with Crippen molar-refractivity contribution in [2.24, 2.45) is 5.92 Å². The quantitative estimate of drug-likeness (QED) is 0.794. The summed E-state index contributed by atoms with van der Waals surface area (Å²) in [6.07, 6.45) is 2.04. The first kappa shape index (κ1) is 17.3. The third kappa shape index (κ3) is 3.77. The van der Waals surface area contributed by atoms with Crippen molar-refractivity contribution >= 4 is 23.6 Å². The third-order valence-electron chi connectivity index (χ3n) is 4.75. The van der Waals surface area contributed by atoms with Crippen LogP contribution in [0.4, 0.5) is 0 Å². The summed E-state index contributed by atoms with van der Waals surface area (Å²) in [4.78, 5) is 28.6. The molecule has 2 amide bonds. The number of hydrogen-bond acceptors (Lipinski definition) is 3. The highest BCUT2D eigenvalue weighted by Crippen LogP contribution is 2.38. The molecule has 3 rings (SSSR count). The molecule has 2 aliphatic rings. The van der Waals surface area contributed by atoms with Gasteiger partial charge in [-0.25, -0.2) is 0 Å². The zero-order chi connectivity index (χ0) is 17.3. The number of aryl methyl sites for hydroxylation is 1. The van der Waals surface area contributed by atoms with Crippen molar-refractivity contribution in [1.29, 1.82) is 0 Å². The Hall–Kier alpha value is -1.49. The fraction of sp³-hybridized carbons (Fsp3) is 0.579. The van der Waals surface area contributed by atoms with Gasteiger partial charge in [0, 0.05) is 25.0 Å². The Morgan fingerprint density at radius 1 is 1.29 bits per heavy atom. The highest BCUT2D eigenvalue weighted by atomic mass is 32.2. The Morgan fingerprint density at radius 2 is 1.96 bits per heavy atom. The summed E-state index contributed by atoms with van der Waals surface area (Å²) >= 11 is 1.68. The van der Waals surface area contributed by atoms with E-state index in [-0.39, 0.29) is 29.1 Å². The Labute approximate surface area is 148 Å². The van der Waals surface area contributed by atoms with Crippen LogP contribution < -0.4 is 0 Å². The molecule has 0 aromatic heterocycles. The van der Waals surface area contributed by atoms with E-state index in [4.69, 9.17) is 0 Å². The van der Waals surface area contributed by atoms with Gasteiger partial charge >= 0.3 is 0 Å². The first-order valence-corrected chi connectivity index (χ1v) is 9.80. The number of nitrogens with zero attached hydrogens (tertiary/aromatic N) is 2. The fourth-order valence-electron chi connectivity index (χ4n) is 3.11. The molecule has 0 bridgehead atoms. The van der Waals surface area contributed by atoms with Crippen LogP contribution in [0.3, 0.4) is 0 Å².